The quantitative estimate of drug-likeness (QED) is 0.392. The first-order chi connectivity index (χ1) is 20.1. The third kappa shape index (κ3) is 8.22. The highest BCUT2D eigenvalue weighted by Crippen LogP contribution is 2.39. The van der Waals surface area contributed by atoms with Gasteiger partial charge in [0.05, 0.1) is 29.7 Å². The van der Waals surface area contributed by atoms with Gasteiger partial charge in [-0.15, -0.1) is 0 Å². The van der Waals surface area contributed by atoms with Crippen LogP contribution in [-0.4, -0.2) is 105 Å². The third-order valence-corrected chi connectivity index (χ3v) is 10.7. The van der Waals surface area contributed by atoms with Gasteiger partial charge in [-0.3, -0.25) is 4.98 Å². The Labute approximate surface area is 253 Å². The minimum absolute atomic E-state index is 0.0186. The van der Waals surface area contributed by atoms with Crippen LogP contribution in [0.1, 0.15) is 40.0 Å². The number of pyridine rings is 1. The maximum atomic E-state index is 13.3. The molecule has 3 heterocycles. The molecular formula is C28H40N4O9S2. The Hall–Kier alpha value is -2.82. The second kappa shape index (κ2) is 13.0. The first-order valence-electron chi connectivity index (χ1n) is 14.0. The fourth-order valence-electron chi connectivity index (χ4n) is 5.17. The van der Waals surface area contributed by atoms with E-state index in [1.807, 2.05) is 0 Å². The summed E-state index contributed by atoms with van der Waals surface area (Å²) in [6, 6.07) is 8.55. The van der Waals surface area contributed by atoms with E-state index in [4.69, 9.17) is 14.2 Å². The molecule has 2 N–H and O–H groups in total. The molecule has 2 aromatic rings. The summed E-state index contributed by atoms with van der Waals surface area (Å²) in [7, 11) is -6.05. The average Bonchev–Trinajstić information content (AvgIpc) is 3.37. The maximum absolute atomic E-state index is 13.3. The van der Waals surface area contributed by atoms with Crippen LogP contribution in [0.15, 0.2) is 58.6 Å². The zero-order chi connectivity index (χ0) is 31.5. The largest absolute Gasteiger partial charge is 0.491 e. The van der Waals surface area contributed by atoms with E-state index < -0.39 is 49.5 Å². The molecule has 43 heavy (non-hydrogen) atoms. The topological polar surface area (TPSA) is 165 Å². The molecule has 2 aliphatic rings. The van der Waals surface area contributed by atoms with Crippen molar-refractivity contribution in [3.8, 4) is 5.75 Å². The van der Waals surface area contributed by atoms with Crippen molar-refractivity contribution in [3.63, 3.8) is 0 Å². The molecule has 0 unspecified atom stereocenters. The first-order valence-corrected chi connectivity index (χ1v) is 16.9. The van der Waals surface area contributed by atoms with Crippen LogP contribution in [0.4, 0.5) is 4.79 Å². The lowest BCUT2D eigenvalue weighted by Gasteiger charge is -2.38. The van der Waals surface area contributed by atoms with Gasteiger partial charge in [-0.25, -0.2) is 26.4 Å². The average molecular weight is 641 g/mol. The summed E-state index contributed by atoms with van der Waals surface area (Å²) in [6.07, 6.45) is 2.45. The summed E-state index contributed by atoms with van der Waals surface area (Å²) in [5, 5.41) is 10.9. The highest BCUT2D eigenvalue weighted by molar-refractivity contribution is 7.89. The number of hydrogen-bond acceptors (Lipinski definition) is 10. The van der Waals surface area contributed by atoms with Crippen LogP contribution in [-0.2, 0) is 29.5 Å². The van der Waals surface area contributed by atoms with Crippen LogP contribution < -0.4 is 9.46 Å². The molecule has 1 spiro atoms. The maximum Gasteiger partial charge on any atom is 0.410 e. The first kappa shape index (κ1) is 33.1. The van der Waals surface area contributed by atoms with Gasteiger partial charge in [0.25, 0.3) is 0 Å². The second-order valence-corrected chi connectivity index (χ2v) is 15.5. The molecule has 2 aliphatic heterocycles. The summed E-state index contributed by atoms with van der Waals surface area (Å²) < 4.78 is 71.5. The van der Waals surface area contributed by atoms with Gasteiger partial charge in [0.1, 0.15) is 29.0 Å². The number of nitrogens with one attached hydrogen (secondary N) is 1. The molecule has 238 valence electrons. The summed E-state index contributed by atoms with van der Waals surface area (Å²) in [6.45, 7) is 5.65. The number of carbonyl (C=O) groups excluding carboxylic acids is 1. The third-order valence-electron chi connectivity index (χ3n) is 7.40. The number of amides is 1. The summed E-state index contributed by atoms with van der Waals surface area (Å²) in [4.78, 5) is 18.8. The van der Waals surface area contributed by atoms with Gasteiger partial charge in [0.2, 0.25) is 20.0 Å². The summed E-state index contributed by atoms with van der Waals surface area (Å²) in [5.74, 6) is 0.246. The van der Waals surface area contributed by atoms with Crippen LogP contribution in [0.5, 0.6) is 5.75 Å². The van der Waals surface area contributed by atoms with Crippen molar-refractivity contribution in [2.24, 2.45) is 0 Å². The van der Waals surface area contributed by atoms with Crippen LogP contribution in [0.3, 0.4) is 0 Å². The predicted octanol–water partition coefficient (Wildman–Crippen LogP) is 1.98. The van der Waals surface area contributed by atoms with E-state index in [1.165, 1.54) is 52.9 Å². The molecule has 2 saturated heterocycles. The Bertz CT molecular complexity index is 1470. The number of benzene rings is 1. The zero-order valence-corrected chi connectivity index (χ0v) is 26.4. The fourth-order valence-corrected chi connectivity index (χ4v) is 7.34. The Balaban J connectivity index is 1.41. The van der Waals surface area contributed by atoms with Crippen molar-refractivity contribution < 1.29 is 40.9 Å². The van der Waals surface area contributed by atoms with Crippen molar-refractivity contribution in [2.45, 2.75) is 73.2 Å². The van der Waals surface area contributed by atoms with E-state index in [9.17, 15) is 26.7 Å². The molecule has 1 amide bonds. The smallest absolute Gasteiger partial charge is 0.410 e. The van der Waals surface area contributed by atoms with Gasteiger partial charge in [0.15, 0.2) is 0 Å². The number of piperidine rings is 1. The molecule has 2 atom stereocenters. The van der Waals surface area contributed by atoms with E-state index in [0.29, 0.717) is 19.3 Å². The predicted molar refractivity (Wildman–Crippen MR) is 156 cm³/mol. The summed E-state index contributed by atoms with van der Waals surface area (Å²) >= 11 is 0. The van der Waals surface area contributed by atoms with E-state index >= 15 is 0 Å². The van der Waals surface area contributed by atoms with E-state index in [-0.39, 0.29) is 48.4 Å². The minimum Gasteiger partial charge on any atom is -0.491 e. The molecule has 0 saturated carbocycles. The Morgan fingerprint density at radius 2 is 1.88 bits per heavy atom. The van der Waals surface area contributed by atoms with Gasteiger partial charge in [-0.1, -0.05) is 6.07 Å². The molecule has 15 heteroatoms. The Morgan fingerprint density at radius 1 is 1.19 bits per heavy atom. The molecule has 0 radical (unpaired) electrons. The number of aliphatic hydroxyl groups excluding tert-OH is 1. The molecule has 0 aliphatic carbocycles. The van der Waals surface area contributed by atoms with E-state index in [2.05, 4.69) is 9.71 Å². The highest BCUT2D eigenvalue weighted by atomic mass is 32.2. The molecular weight excluding hydrogens is 600 g/mol. The number of carbonyl (C=O) groups is 1. The van der Waals surface area contributed by atoms with Crippen molar-refractivity contribution >= 4 is 26.1 Å². The monoisotopic (exact) mass is 640 g/mol. The van der Waals surface area contributed by atoms with Crippen LogP contribution in [0, 0.1) is 0 Å². The second-order valence-electron chi connectivity index (χ2n) is 11.7. The number of ether oxygens (including phenoxy) is 3. The number of aromatic nitrogens is 1. The van der Waals surface area contributed by atoms with E-state index in [0.717, 1.165) is 0 Å². The highest BCUT2D eigenvalue weighted by Gasteiger charge is 2.47. The number of hydrogen-bond donors (Lipinski definition) is 2. The van der Waals surface area contributed by atoms with Crippen LogP contribution >= 0.6 is 0 Å². The lowest BCUT2D eigenvalue weighted by molar-refractivity contribution is -0.0329. The minimum atomic E-state index is -3.68. The number of sulfonamides is 2. The van der Waals surface area contributed by atoms with Crippen molar-refractivity contribution in [2.75, 3.05) is 39.9 Å². The molecule has 13 nitrogen and oxygen atoms in total. The normalized spacial score (nSPS) is 20.1. The SMILES string of the molecule is CNS(=O)(=O)c1cccc(OC[C@@H](O)CN(C(=O)OC(C)(C)C)[C@H]2COC3(CCN(S(=O)(=O)c4cccnc4)CC3)C2)c1. The molecule has 0 bridgehead atoms. The fraction of sp³-hybridized carbons (Fsp3) is 0.571. The number of aliphatic hydroxyl groups is 1. The van der Waals surface area contributed by atoms with Gasteiger partial charge < -0.3 is 24.2 Å². The van der Waals surface area contributed by atoms with Crippen molar-refractivity contribution in [1.29, 1.82) is 0 Å². The summed E-state index contributed by atoms with van der Waals surface area (Å²) in [5.41, 5.74) is -1.40. The van der Waals surface area contributed by atoms with Gasteiger partial charge in [0, 0.05) is 31.5 Å². The van der Waals surface area contributed by atoms with Crippen LogP contribution in [0.2, 0.25) is 0 Å². The van der Waals surface area contributed by atoms with Gasteiger partial charge in [-0.05, 0) is 71.3 Å². The molecule has 1 aromatic heterocycles. The molecule has 2 fully saturated rings. The standard InChI is InChI=1S/C28H40N4O9S2/c1-27(2,3)41-26(34)32(18-22(33)20-39-23-7-5-8-24(15-23)42(35,36)29-4)21-16-28(40-19-21)10-13-31(14-11-28)43(37,38)25-9-6-12-30-17-25/h5-9,12,15,17,21-22,29,33H,10-11,13-14,16,18-20H2,1-4H3/t21-,22+/m1/s1. The molecule has 4 rings (SSSR count). The number of rotatable bonds is 10. The van der Waals surface area contributed by atoms with Crippen molar-refractivity contribution in [3.05, 3.63) is 48.8 Å². The van der Waals surface area contributed by atoms with Gasteiger partial charge >= 0.3 is 6.09 Å². The zero-order valence-electron chi connectivity index (χ0n) is 24.8. The Kier molecular flexibility index (Phi) is 10.0. The van der Waals surface area contributed by atoms with Gasteiger partial charge in [-0.2, -0.15) is 4.31 Å². The number of nitrogens with zero attached hydrogens (tertiary/aromatic N) is 3. The van der Waals surface area contributed by atoms with Crippen molar-refractivity contribution in [1.82, 2.24) is 18.9 Å². The van der Waals surface area contributed by atoms with Crippen LogP contribution in [0.25, 0.3) is 0 Å². The molecule has 1 aromatic carbocycles. The lowest BCUT2D eigenvalue weighted by atomic mass is 9.88. The lowest BCUT2D eigenvalue weighted by Crippen LogP contribution is -2.50. The Morgan fingerprint density at radius 3 is 2.51 bits per heavy atom. The van der Waals surface area contributed by atoms with E-state index in [1.54, 1.807) is 32.9 Å².